The van der Waals surface area contributed by atoms with Gasteiger partial charge in [-0.05, 0) is 61.7 Å². The number of amides is 2. The number of methoxy groups -OCH3 is 2. The van der Waals surface area contributed by atoms with Gasteiger partial charge in [0.2, 0.25) is 5.91 Å². The summed E-state index contributed by atoms with van der Waals surface area (Å²) in [5, 5.41) is 3.00. The van der Waals surface area contributed by atoms with Gasteiger partial charge in [-0.2, -0.15) is 0 Å². The molecule has 0 saturated carbocycles. The molecule has 2 aromatic rings. The molecule has 2 rings (SSSR count). The van der Waals surface area contributed by atoms with Crippen LogP contribution in [0.25, 0.3) is 0 Å². The second-order valence-electron chi connectivity index (χ2n) is 7.58. The second kappa shape index (κ2) is 12.6. The fourth-order valence-electron chi connectivity index (χ4n) is 3.23. The van der Waals surface area contributed by atoms with Crippen LogP contribution in [0.4, 0.5) is 0 Å². The third-order valence-electron chi connectivity index (χ3n) is 5.30. The van der Waals surface area contributed by atoms with Crippen molar-refractivity contribution in [1.82, 2.24) is 10.2 Å². The van der Waals surface area contributed by atoms with Gasteiger partial charge < -0.3 is 24.4 Å². The number of hydrogen-bond donors (Lipinski definition) is 1. The van der Waals surface area contributed by atoms with E-state index >= 15 is 0 Å². The van der Waals surface area contributed by atoms with Gasteiger partial charge in [-0.25, -0.2) is 0 Å². The highest BCUT2D eigenvalue weighted by molar-refractivity contribution is 5.88. The number of benzene rings is 2. The first kappa shape index (κ1) is 25.0. The monoisotopic (exact) mass is 442 g/mol. The van der Waals surface area contributed by atoms with E-state index in [2.05, 4.69) is 5.32 Å². The Balaban J connectivity index is 2.21. The molecule has 0 aliphatic heterocycles. The maximum Gasteiger partial charge on any atom is 0.261 e. The minimum Gasteiger partial charge on any atom is -0.497 e. The molecule has 174 valence electrons. The van der Waals surface area contributed by atoms with E-state index in [4.69, 9.17) is 14.2 Å². The van der Waals surface area contributed by atoms with Crippen molar-refractivity contribution in [3.05, 3.63) is 54.1 Å². The van der Waals surface area contributed by atoms with E-state index in [0.717, 1.165) is 12.0 Å². The minimum atomic E-state index is -0.609. The van der Waals surface area contributed by atoms with Crippen molar-refractivity contribution >= 4 is 11.8 Å². The molecule has 0 fully saturated rings. The van der Waals surface area contributed by atoms with Crippen LogP contribution in [0.3, 0.4) is 0 Å². The lowest BCUT2D eigenvalue weighted by molar-refractivity contribution is -0.143. The zero-order valence-electron chi connectivity index (χ0n) is 19.6. The summed E-state index contributed by atoms with van der Waals surface area (Å²) in [5.41, 5.74) is 0.872. The molecule has 0 saturated heterocycles. The van der Waals surface area contributed by atoms with Crippen LogP contribution in [0.2, 0.25) is 0 Å². The molecular weight excluding hydrogens is 408 g/mol. The van der Waals surface area contributed by atoms with Crippen LogP contribution in [0.15, 0.2) is 48.5 Å². The summed E-state index contributed by atoms with van der Waals surface area (Å²) in [6.07, 6.45) is 1.30. The predicted molar refractivity (Wildman–Crippen MR) is 124 cm³/mol. The zero-order chi connectivity index (χ0) is 23.5. The lowest BCUT2D eigenvalue weighted by Crippen LogP contribution is -2.51. The van der Waals surface area contributed by atoms with E-state index < -0.39 is 6.04 Å². The molecule has 2 amide bonds. The van der Waals surface area contributed by atoms with E-state index in [1.807, 2.05) is 45.0 Å². The number of rotatable bonds is 12. The molecule has 1 N–H and O–H groups in total. The van der Waals surface area contributed by atoms with E-state index in [-0.39, 0.29) is 31.0 Å². The maximum absolute atomic E-state index is 13.2. The topological polar surface area (TPSA) is 77.1 Å². The summed E-state index contributed by atoms with van der Waals surface area (Å²) in [6.45, 7) is 5.95. The van der Waals surface area contributed by atoms with E-state index in [1.54, 1.807) is 43.4 Å². The van der Waals surface area contributed by atoms with Gasteiger partial charge in [0, 0.05) is 12.6 Å². The van der Waals surface area contributed by atoms with Crippen LogP contribution in [0.5, 0.6) is 17.2 Å². The van der Waals surface area contributed by atoms with Gasteiger partial charge in [-0.3, -0.25) is 9.59 Å². The Kier molecular flexibility index (Phi) is 9.85. The van der Waals surface area contributed by atoms with Crippen molar-refractivity contribution in [2.75, 3.05) is 20.8 Å². The smallest absolute Gasteiger partial charge is 0.261 e. The molecule has 2 atom stereocenters. The van der Waals surface area contributed by atoms with Crippen molar-refractivity contribution < 1.29 is 23.8 Å². The first-order valence-corrected chi connectivity index (χ1v) is 10.9. The van der Waals surface area contributed by atoms with Crippen molar-refractivity contribution in [2.45, 2.75) is 52.2 Å². The van der Waals surface area contributed by atoms with Crippen molar-refractivity contribution in [1.29, 1.82) is 0 Å². The van der Waals surface area contributed by atoms with E-state index in [1.165, 1.54) is 0 Å². The Bertz CT molecular complexity index is 869. The highest BCUT2D eigenvalue weighted by Gasteiger charge is 2.29. The molecular formula is C25H34N2O5. The highest BCUT2D eigenvalue weighted by Crippen LogP contribution is 2.19. The van der Waals surface area contributed by atoms with Crippen LogP contribution in [-0.4, -0.2) is 49.6 Å². The fourth-order valence-corrected chi connectivity index (χ4v) is 3.23. The van der Waals surface area contributed by atoms with Crippen molar-refractivity contribution in [3.8, 4) is 17.2 Å². The van der Waals surface area contributed by atoms with Gasteiger partial charge in [0.25, 0.3) is 5.91 Å². The Morgan fingerprint density at radius 1 is 0.938 bits per heavy atom. The number of nitrogens with one attached hydrogen (secondary N) is 1. The third-order valence-corrected chi connectivity index (χ3v) is 5.30. The van der Waals surface area contributed by atoms with Crippen molar-refractivity contribution in [2.24, 2.45) is 0 Å². The Labute approximate surface area is 190 Å². The largest absolute Gasteiger partial charge is 0.497 e. The molecule has 32 heavy (non-hydrogen) atoms. The van der Waals surface area contributed by atoms with Gasteiger partial charge in [0.15, 0.2) is 6.61 Å². The number of hydrogen-bond acceptors (Lipinski definition) is 5. The van der Waals surface area contributed by atoms with Crippen LogP contribution in [0.1, 0.15) is 39.2 Å². The molecule has 0 aromatic heterocycles. The predicted octanol–water partition coefficient (Wildman–Crippen LogP) is 3.80. The molecule has 0 aliphatic rings. The molecule has 2 aromatic carbocycles. The van der Waals surface area contributed by atoms with Gasteiger partial charge >= 0.3 is 0 Å². The van der Waals surface area contributed by atoms with Crippen molar-refractivity contribution in [3.63, 3.8) is 0 Å². The standard InChI is InChI=1S/C25H34N2O5/c1-6-18(3)26-25(29)23(7-2)27(16-19-9-8-10-22(15-19)31-5)24(28)17-32-21-13-11-20(30-4)12-14-21/h8-15,18,23H,6-7,16-17H2,1-5H3,(H,26,29). The molecule has 0 spiro atoms. The van der Waals surface area contributed by atoms with Crippen LogP contribution in [0, 0.1) is 0 Å². The SMILES string of the molecule is CCC(C)NC(=O)C(CC)N(Cc1cccc(OC)c1)C(=O)COc1ccc(OC)cc1. The van der Waals surface area contributed by atoms with Crippen LogP contribution in [-0.2, 0) is 16.1 Å². The fraction of sp³-hybridized carbons (Fsp3) is 0.440. The van der Waals surface area contributed by atoms with E-state index in [0.29, 0.717) is 23.7 Å². The Hall–Kier alpha value is -3.22. The van der Waals surface area contributed by atoms with Gasteiger partial charge in [0.05, 0.1) is 14.2 Å². The zero-order valence-corrected chi connectivity index (χ0v) is 19.6. The summed E-state index contributed by atoms with van der Waals surface area (Å²) < 4.78 is 16.2. The molecule has 0 aliphatic carbocycles. The Morgan fingerprint density at radius 2 is 1.59 bits per heavy atom. The average molecular weight is 443 g/mol. The normalized spacial score (nSPS) is 12.4. The lowest BCUT2D eigenvalue weighted by atomic mass is 10.1. The quantitative estimate of drug-likeness (QED) is 0.541. The molecule has 0 bridgehead atoms. The first-order chi connectivity index (χ1) is 15.4. The van der Waals surface area contributed by atoms with E-state index in [9.17, 15) is 9.59 Å². The first-order valence-electron chi connectivity index (χ1n) is 10.9. The summed E-state index contributed by atoms with van der Waals surface area (Å²) in [4.78, 5) is 27.8. The molecule has 7 nitrogen and oxygen atoms in total. The highest BCUT2D eigenvalue weighted by atomic mass is 16.5. The number of ether oxygens (including phenoxy) is 3. The molecule has 0 heterocycles. The van der Waals surface area contributed by atoms with Gasteiger partial charge in [-0.15, -0.1) is 0 Å². The summed E-state index contributed by atoms with van der Waals surface area (Å²) in [6, 6.07) is 13.9. The number of carbonyl (C=O) groups is 2. The average Bonchev–Trinajstić information content (AvgIpc) is 2.82. The summed E-state index contributed by atoms with van der Waals surface area (Å²) >= 11 is 0. The van der Waals surface area contributed by atoms with Crippen LogP contribution >= 0.6 is 0 Å². The van der Waals surface area contributed by atoms with Gasteiger partial charge in [-0.1, -0.05) is 26.0 Å². The Morgan fingerprint density at radius 3 is 2.19 bits per heavy atom. The van der Waals surface area contributed by atoms with Gasteiger partial charge in [0.1, 0.15) is 23.3 Å². The van der Waals surface area contributed by atoms with Crippen LogP contribution < -0.4 is 19.5 Å². The summed E-state index contributed by atoms with van der Waals surface area (Å²) in [7, 11) is 3.18. The lowest BCUT2D eigenvalue weighted by Gasteiger charge is -2.31. The number of nitrogens with zero attached hydrogens (tertiary/aromatic N) is 1. The molecule has 7 heteroatoms. The summed E-state index contributed by atoms with van der Waals surface area (Å²) in [5.74, 6) is 1.52. The second-order valence-corrected chi connectivity index (χ2v) is 7.58. The molecule has 2 unspecified atom stereocenters. The molecule has 0 radical (unpaired) electrons. The maximum atomic E-state index is 13.2. The number of carbonyl (C=O) groups excluding carboxylic acids is 2. The third kappa shape index (κ3) is 7.18. The minimum absolute atomic E-state index is 0.0286.